The SMILES string of the molecule is CC[C@@H](C)NC(=O)[C@@H](Cc1ccccc1)N(Cc1ccccc1F)C(=O)CCc1ccc(C(C)C)cc1. The third kappa shape index (κ3) is 8.28. The van der Waals surface area contributed by atoms with E-state index in [4.69, 9.17) is 0 Å². The number of halogens is 1. The predicted octanol–water partition coefficient (Wildman–Crippen LogP) is 6.44. The fourth-order valence-electron chi connectivity index (χ4n) is 4.27. The lowest BCUT2D eigenvalue weighted by atomic mass is 9.99. The highest BCUT2D eigenvalue weighted by Crippen LogP contribution is 2.20. The van der Waals surface area contributed by atoms with Gasteiger partial charge in [-0.05, 0) is 48.4 Å². The van der Waals surface area contributed by atoms with Crippen LogP contribution in [0.25, 0.3) is 0 Å². The number of carbonyl (C=O) groups excluding carboxylic acids is 2. The van der Waals surface area contributed by atoms with E-state index in [-0.39, 0.29) is 36.6 Å². The summed E-state index contributed by atoms with van der Waals surface area (Å²) in [4.78, 5) is 28.8. The van der Waals surface area contributed by atoms with Crippen molar-refractivity contribution >= 4 is 11.8 Å². The summed E-state index contributed by atoms with van der Waals surface area (Å²) in [7, 11) is 0. The molecule has 3 aromatic rings. The van der Waals surface area contributed by atoms with E-state index < -0.39 is 6.04 Å². The molecule has 0 saturated heterocycles. The Balaban J connectivity index is 1.90. The molecule has 37 heavy (non-hydrogen) atoms. The lowest BCUT2D eigenvalue weighted by Gasteiger charge is -2.32. The summed E-state index contributed by atoms with van der Waals surface area (Å²) in [5.74, 6) is -0.333. The summed E-state index contributed by atoms with van der Waals surface area (Å²) >= 11 is 0. The molecule has 0 radical (unpaired) electrons. The van der Waals surface area contributed by atoms with E-state index in [9.17, 15) is 14.0 Å². The van der Waals surface area contributed by atoms with Gasteiger partial charge < -0.3 is 10.2 Å². The fourth-order valence-corrected chi connectivity index (χ4v) is 4.27. The van der Waals surface area contributed by atoms with Crippen LogP contribution >= 0.6 is 0 Å². The Morgan fingerprint density at radius 1 is 0.865 bits per heavy atom. The van der Waals surface area contributed by atoms with Crippen molar-refractivity contribution in [2.75, 3.05) is 0 Å². The van der Waals surface area contributed by atoms with Crippen LogP contribution in [-0.4, -0.2) is 28.8 Å². The molecular formula is C32H39FN2O2. The molecule has 1 N–H and O–H groups in total. The first-order valence-electron chi connectivity index (χ1n) is 13.2. The van der Waals surface area contributed by atoms with Gasteiger partial charge in [0.15, 0.2) is 0 Å². The molecule has 0 bridgehead atoms. The van der Waals surface area contributed by atoms with Gasteiger partial charge in [0, 0.05) is 31.0 Å². The Bertz CT molecular complexity index is 1140. The van der Waals surface area contributed by atoms with Crippen molar-refractivity contribution in [2.45, 2.75) is 77.9 Å². The van der Waals surface area contributed by atoms with Crippen molar-refractivity contribution in [3.63, 3.8) is 0 Å². The molecule has 2 atom stereocenters. The van der Waals surface area contributed by atoms with Crippen LogP contribution in [0, 0.1) is 5.82 Å². The smallest absolute Gasteiger partial charge is 0.243 e. The minimum atomic E-state index is -0.758. The second-order valence-electron chi connectivity index (χ2n) is 10.0. The number of nitrogens with one attached hydrogen (secondary N) is 1. The first-order valence-corrected chi connectivity index (χ1v) is 13.2. The van der Waals surface area contributed by atoms with Crippen molar-refractivity contribution < 1.29 is 14.0 Å². The van der Waals surface area contributed by atoms with Gasteiger partial charge in [-0.2, -0.15) is 0 Å². The summed E-state index contributed by atoms with van der Waals surface area (Å²) in [6.07, 6.45) is 1.91. The molecule has 4 nitrogen and oxygen atoms in total. The normalized spacial score (nSPS) is 12.7. The molecule has 3 aromatic carbocycles. The Kier molecular flexibility index (Phi) is 10.4. The summed E-state index contributed by atoms with van der Waals surface area (Å²) in [5.41, 5.74) is 3.65. The van der Waals surface area contributed by atoms with Gasteiger partial charge in [0.05, 0.1) is 0 Å². The molecule has 0 aliphatic rings. The molecule has 0 unspecified atom stereocenters. The standard InChI is InChI=1S/C32H39FN2O2/c1-5-24(4)34-32(37)30(21-26-11-7-6-8-12-26)35(22-28-13-9-10-14-29(28)33)31(36)20-17-25-15-18-27(19-16-25)23(2)3/h6-16,18-19,23-24,30H,5,17,20-22H2,1-4H3,(H,34,37)/t24-,30-/m1/s1. The van der Waals surface area contributed by atoms with Crippen LogP contribution in [-0.2, 0) is 29.0 Å². The molecule has 5 heteroatoms. The van der Waals surface area contributed by atoms with E-state index in [0.29, 0.717) is 24.3 Å². The third-order valence-electron chi connectivity index (χ3n) is 6.84. The van der Waals surface area contributed by atoms with E-state index in [0.717, 1.165) is 17.5 Å². The van der Waals surface area contributed by atoms with Gasteiger partial charge in [-0.25, -0.2) is 4.39 Å². The third-order valence-corrected chi connectivity index (χ3v) is 6.84. The quantitative estimate of drug-likeness (QED) is 0.310. The van der Waals surface area contributed by atoms with Gasteiger partial charge in [-0.1, -0.05) is 93.6 Å². The number of benzene rings is 3. The van der Waals surface area contributed by atoms with Gasteiger partial charge in [-0.3, -0.25) is 9.59 Å². The highest BCUT2D eigenvalue weighted by molar-refractivity contribution is 5.88. The van der Waals surface area contributed by atoms with Crippen molar-refractivity contribution in [1.29, 1.82) is 0 Å². The molecule has 2 amide bonds. The Morgan fingerprint density at radius 3 is 2.14 bits per heavy atom. The lowest BCUT2D eigenvalue weighted by Crippen LogP contribution is -2.52. The number of hydrogen-bond donors (Lipinski definition) is 1. The number of hydrogen-bond acceptors (Lipinski definition) is 2. The largest absolute Gasteiger partial charge is 0.352 e. The van der Waals surface area contributed by atoms with Crippen molar-refractivity contribution in [2.24, 2.45) is 0 Å². The summed E-state index contributed by atoms with van der Waals surface area (Å²) in [5, 5.41) is 3.05. The minimum Gasteiger partial charge on any atom is -0.352 e. The number of carbonyl (C=O) groups is 2. The summed E-state index contributed by atoms with van der Waals surface area (Å²) in [6, 6.07) is 23.6. The average molecular weight is 503 g/mol. The Morgan fingerprint density at radius 2 is 1.51 bits per heavy atom. The van der Waals surface area contributed by atoms with Crippen molar-refractivity contribution in [3.05, 3.63) is 107 Å². The zero-order valence-electron chi connectivity index (χ0n) is 22.4. The maximum atomic E-state index is 14.7. The van der Waals surface area contributed by atoms with E-state index in [2.05, 4.69) is 43.4 Å². The number of rotatable bonds is 12. The number of aryl methyl sites for hydroxylation is 1. The van der Waals surface area contributed by atoms with Crippen LogP contribution in [0.15, 0.2) is 78.9 Å². The molecule has 3 rings (SSSR count). The first kappa shape index (κ1) is 28.1. The first-order chi connectivity index (χ1) is 17.8. The molecule has 0 heterocycles. The minimum absolute atomic E-state index is 0.0310. The van der Waals surface area contributed by atoms with Crippen LogP contribution in [0.3, 0.4) is 0 Å². The second kappa shape index (κ2) is 13.7. The zero-order valence-corrected chi connectivity index (χ0v) is 22.4. The van der Waals surface area contributed by atoms with Crippen molar-refractivity contribution in [1.82, 2.24) is 10.2 Å². The van der Waals surface area contributed by atoms with Crippen molar-refractivity contribution in [3.8, 4) is 0 Å². The van der Waals surface area contributed by atoms with Gasteiger partial charge in [0.1, 0.15) is 11.9 Å². The van der Waals surface area contributed by atoms with E-state index in [1.54, 1.807) is 23.1 Å². The predicted molar refractivity (Wildman–Crippen MR) is 148 cm³/mol. The fraction of sp³-hybridized carbons (Fsp3) is 0.375. The molecule has 0 spiro atoms. The maximum Gasteiger partial charge on any atom is 0.243 e. The number of nitrogens with zero attached hydrogens (tertiary/aromatic N) is 1. The van der Waals surface area contributed by atoms with E-state index in [1.165, 1.54) is 11.6 Å². The molecule has 196 valence electrons. The molecule has 0 aliphatic carbocycles. The molecule has 0 fully saturated rings. The topological polar surface area (TPSA) is 49.4 Å². The van der Waals surface area contributed by atoms with Crippen LogP contribution in [0.4, 0.5) is 4.39 Å². The van der Waals surface area contributed by atoms with Gasteiger partial charge in [0.25, 0.3) is 0 Å². The van der Waals surface area contributed by atoms with Crippen LogP contribution in [0.2, 0.25) is 0 Å². The molecular weight excluding hydrogens is 463 g/mol. The van der Waals surface area contributed by atoms with Gasteiger partial charge in [0.2, 0.25) is 11.8 Å². The maximum absolute atomic E-state index is 14.7. The number of amides is 2. The molecule has 0 aromatic heterocycles. The summed E-state index contributed by atoms with van der Waals surface area (Å²) < 4.78 is 14.7. The second-order valence-corrected chi connectivity index (χ2v) is 10.0. The zero-order chi connectivity index (χ0) is 26.8. The Labute approximate surface area is 220 Å². The van der Waals surface area contributed by atoms with Gasteiger partial charge >= 0.3 is 0 Å². The highest BCUT2D eigenvalue weighted by atomic mass is 19.1. The van der Waals surface area contributed by atoms with Crippen LogP contribution in [0.5, 0.6) is 0 Å². The van der Waals surface area contributed by atoms with Crippen LogP contribution in [0.1, 0.15) is 68.7 Å². The van der Waals surface area contributed by atoms with Crippen LogP contribution < -0.4 is 5.32 Å². The monoisotopic (exact) mass is 502 g/mol. The highest BCUT2D eigenvalue weighted by Gasteiger charge is 2.31. The molecule has 0 saturated carbocycles. The van der Waals surface area contributed by atoms with E-state index in [1.807, 2.05) is 44.2 Å². The Hall–Kier alpha value is -3.47. The lowest BCUT2D eigenvalue weighted by molar-refractivity contribution is -0.141. The van der Waals surface area contributed by atoms with E-state index >= 15 is 0 Å². The average Bonchev–Trinajstić information content (AvgIpc) is 2.90. The van der Waals surface area contributed by atoms with Gasteiger partial charge in [-0.15, -0.1) is 0 Å². The molecule has 0 aliphatic heterocycles. The summed E-state index contributed by atoms with van der Waals surface area (Å²) in [6.45, 7) is 8.28.